The van der Waals surface area contributed by atoms with Gasteiger partial charge in [-0.2, -0.15) is 4.98 Å². The maximum Gasteiger partial charge on any atom is 0.275 e. The number of carbonyl (C=O) groups excluding carboxylic acids is 1. The number of hydrogen-bond acceptors (Lipinski definition) is 7. The van der Waals surface area contributed by atoms with Crippen LogP contribution in [0.3, 0.4) is 0 Å². The molecule has 1 amide bonds. The molecule has 0 radical (unpaired) electrons. The number of carbonyl (C=O) groups is 1. The van der Waals surface area contributed by atoms with E-state index in [0.29, 0.717) is 34.5 Å². The first-order chi connectivity index (χ1) is 16.0. The lowest BCUT2D eigenvalue weighted by Crippen LogP contribution is -2.14. The van der Waals surface area contributed by atoms with Crippen molar-refractivity contribution in [3.05, 3.63) is 90.5 Å². The standard InChI is InChI=1S/C24H19N7O2/c1-15-27-22(31-12-11-25-16(31)2)13-23(28-15)33-18-9-7-17(8-10-18)29-24(32)21-14-26-19-5-3-4-6-20(19)30-21/h3-14H,1-2H3,(H,29,32). The Bertz CT molecular complexity index is 1460. The number of nitrogens with one attached hydrogen (secondary N) is 1. The molecular weight excluding hydrogens is 418 g/mol. The molecule has 0 aliphatic rings. The highest BCUT2D eigenvalue weighted by Crippen LogP contribution is 2.23. The third kappa shape index (κ3) is 4.38. The number of amides is 1. The molecule has 9 heteroatoms. The Hall–Kier alpha value is -4.66. The van der Waals surface area contributed by atoms with Crippen LogP contribution in [0.15, 0.2) is 73.2 Å². The lowest BCUT2D eigenvalue weighted by Gasteiger charge is -2.10. The van der Waals surface area contributed by atoms with Gasteiger partial charge in [0.05, 0.1) is 17.2 Å². The van der Waals surface area contributed by atoms with Crippen LogP contribution in [0.1, 0.15) is 22.1 Å². The molecule has 0 spiro atoms. The molecule has 3 heterocycles. The number of rotatable bonds is 5. The molecule has 0 unspecified atom stereocenters. The molecule has 2 aromatic carbocycles. The highest BCUT2D eigenvalue weighted by atomic mass is 16.5. The molecule has 0 saturated heterocycles. The summed E-state index contributed by atoms with van der Waals surface area (Å²) >= 11 is 0. The normalized spacial score (nSPS) is 10.8. The first-order valence-corrected chi connectivity index (χ1v) is 10.2. The number of imidazole rings is 1. The molecule has 0 aliphatic heterocycles. The van der Waals surface area contributed by atoms with Gasteiger partial charge in [0, 0.05) is 24.1 Å². The van der Waals surface area contributed by atoms with Crippen molar-refractivity contribution in [1.29, 1.82) is 0 Å². The van der Waals surface area contributed by atoms with Gasteiger partial charge in [0.2, 0.25) is 5.88 Å². The third-order valence-corrected chi connectivity index (χ3v) is 4.89. The molecule has 162 valence electrons. The second-order valence-electron chi connectivity index (χ2n) is 7.28. The topological polar surface area (TPSA) is 108 Å². The minimum Gasteiger partial charge on any atom is -0.439 e. The van der Waals surface area contributed by atoms with Crippen LogP contribution in [0, 0.1) is 13.8 Å². The molecular formula is C24H19N7O2. The van der Waals surface area contributed by atoms with Gasteiger partial charge in [-0.1, -0.05) is 12.1 Å². The van der Waals surface area contributed by atoms with Gasteiger partial charge in [-0.3, -0.25) is 14.3 Å². The molecule has 1 N–H and O–H groups in total. The molecule has 5 aromatic rings. The zero-order valence-corrected chi connectivity index (χ0v) is 17.9. The van der Waals surface area contributed by atoms with Crippen molar-refractivity contribution in [2.75, 3.05) is 5.32 Å². The molecule has 0 aliphatic carbocycles. The summed E-state index contributed by atoms with van der Waals surface area (Å²) in [5, 5.41) is 2.82. The van der Waals surface area contributed by atoms with E-state index in [4.69, 9.17) is 4.74 Å². The Kier molecular flexibility index (Phi) is 5.19. The first kappa shape index (κ1) is 20.3. The van der Waals surface area contributed by atoms with Gasteiger partial charge in [-0.25, -0.2) is 15.0 Å². The summed E-state index contributed by atoms with van der Waals surface area (Å²) in [4.78, 5) is 34.3. The number of aryl methyl sites for hydroxylation is 2. The highest BCUT2D eigenvalue weighted by Gasteiger charge is 2.11. The SMILES string of the molecule is Cc1nc(Oc2ccc(NC(=O)c3cnc4ccccc4n3)cc2)cc(-n2ccnc2C)n1. The van der Waals surface area contributed by atoms with Gasteiger partial charge < -0.3 is 10.1 Å². The van der Waals surface area contributed by atoms with Gasteiger partial charge >= 0.3 is 0 Å². The van der Waals surface area contributed by atoms with Crippen LogP contribution in [-0.2, 0) is 0 Å². The number of hydrogen-bond donors (Lipinski definition) is 1. The molecule has 0 bridgehead atoms. The number of ether oxygens (including phenoxy) is 1. The van der Waals surface area contributed by atoms with Gasteiger partial charge in [-0.15, -0.1) is 0 Å². The van der Waals surface area contributed by atoms with Crippen molar-refractivity contribution in [3.8, 4) is 17.4 Å². The van der Waals surface area contributed by atoms with Crippen molar-refractivity contribution in [3.63, 3.8) is 0 Å². The average Bonchev–Trinajstić information content (AvgIpc) is 3.25. The van der Waals surface area contributed by atoms with Crippen LogP contribution >= 0.6 is 0 Å². The maximum atomic E-state index is 12.6. The van der Waals surface area contributed by atoms with E-state index >= 15 is 0 Å². The highest BCUT2D eigenvalue weighted by molar-refractivity contribution is 6.03. The van der Waals surface area contributed by atoms with Crippen LogP contribution in [0.25, 0.3) is 16.9 Å². The fraction of sp³-hybridized carbons (Fsp3) is 0.0833. The van der Waals surface area contributed by atoms with Gasteiger partial charge in [0.15, 0.2) is 0 Å². The number of nitrogens with zero attached hydrogens (tertiary/aromatic N) is 6. The number of benzene rings is 2. The van der Waals surface area contributed by atoms with Crippen LogP contribution in [0.5, 0.6) is 11.6 Å². The summed E-state index contributed by atoms with van der Waals surface area (Å²) in [5.41, 5.74) is 2.25. The summed E-state index contributed by atoms with van der Waals surface area (Å²) in [6.07, 6.45) is 5.01. The zero-order chi connectivity index (χ0) is 22.8. The summed E-state index contributed by atoms with van der Waals surface area (Å²) in [7, 11) is 0. The molecule has 0 saturated carbocycles. The Balaban J connectivity index is 1.30. The predicted molar refractivity (Wildman–Crippen MR) is 123 cm³/mol. The largest absolute Gasteiger partial charge is 0.439 e. The predicted octanol–water partition coefficient (Wildman–Crippen LogP) is 4.27. The Morgan fingerprint density at radius 1 is 0.939 bits per heavy atom. The second kappa shape index (κ2) is 8.46. The minimum absolute atomic E-state index is 0.243. The van der Waals surface area contributed by atoms with E-state index in [1.165, 1.54) is 6.20 Å². The summed E-state index contributed by atoms with van der Waals surface area (Å²) in [6.45, 7) is 3.70. The quantitative estimate of drug-likeness (QED) is 0.437. The molecule has 33 heavy (non-hydrogen) atoms. The summed E-state index contributed by atoms with van der Waals surface area (Å²) in [5.74, 6) is 2.71. The van der Waals surface area contributed by atoms with E-state index in [9.17, 15) is 4.79 Å². The van der Waals surface area contributed by atoms with E-state index in [0.717, 1.165) is 11.3 Å². The fourth-order valence-corrected chi connectivity index (χ4v) is 3.31. The Morgan fingerprint density at radius 3 is 2.48 bits per heavy atom. The zero-order valence-electron chi connectivity index (χ0n) is 17.9. The van der Waals surface area contributed by atoms with E-state index in [1.807, 2.05) is 42.0 Å². The second-order valence-corrected chi connectivity index (χ2v) is 7.28. The smallest absolute Gasteiger partial charge is 0.275 e. The van der Waals surface area contributed by atoms with Crippen molar-refractivity contribution in [2.24, 2.45) is 0 Å². The molecule has 0 atom stereocenters. The van der Waals surface area contributed by atoms with Crippen LogP contribution in [-0.4, -0.2) is 35.4 Å². The van der Waals surface area contributed by atoms with Crippen LogP contribution in [0.2, 0.25) is 0 Å². The third-order valence-electron chi connectivity index (χ3n) is 4.89. The van der Waals surface area contributed by atoms with Crippen molar-refractivity contribution in [2.45, 2.75) is 13.8 Å². The van der Waals surface area contributed by atoms with Crippen LogP contribution < -0.4 is 10.1 Å². The number of fused-ring (bicyclic) bond motifs is 1. The number of aromatic nitrogens is 6. The lowest BCUT2D eigenvalue weighted by atomic mass is 10.2. The number of para-hydroxylation sites is 2. The van der Waals surface area contributed by atoms with Crippen LogP contribution in [0.4, 0.5) is 5.69 Å². The summed E-state index contributed by atoms with van der Waals surface area (Å²) < 4.78 is 7.77. The monoisotopic (exact) mass is 437 g/mol. The summed E-state index contributed by atoms with van der Waals surface area (Å²) in [6, 6.07) is 16.1. The van der Waals surface area contributed by atoms with Gasteiger partial charge in [0.1, 0.15) is 28.9 Å². The van der Waals surface area contributed by atoms with Crippen molar-refractivity contribution < 1.29 is 9.53 Å². The molecule has 3 aromatic heterocycles. The number of anilines is 1. The molecule has 0 fully saturated rings. The van der Waals surface area contributed by atoms with E-state index < -0.39 is 0 Å². The lowest BCUT2D eigenvalue weighted by molar-refractivity contribution is 0.102. The van der Waals surface area contributed by atoms with Gasteiger partial charge in [0.25, 0.3) is 5.91 Å². The average molecular weight is 437 g/mol. The first-order valence-electron chi connectivity index (χ1n) is 10.2. The van der Waals surface area contributed by atoms with Crippen molar-refractivity contribution in [1.82, 2.24) is 29.5 Å². The fourth-order valence-electron chi connectivity index (χ4n) is 3.31. The minimum atomic E-state index is -0.339. The Morgan fingerprint density at radius 2 is 1.73 bits per heavy atom. The maximum absolute atomic E-state index is 12.6. The molecule has 5 rings (SSSR count). The van der Waals surface area contributed by atoms with Crippen molar-refractivity contribution >= 4 is 22.6 Å². The van der Waals surface area contributed by atoms with Gasteiger partial charge in [-0.05, 0) is 50.2 Å². The van der Waals surface area contributed by atoms with E-state index in [1.54, 1.807) is 43.5 Å². The Labute approximate surface area is 189 Å². The van der Waals surface area contributed by atoms with E-state index in [2.05, 4.69) is 30.2 Å². The molecule has 9 nitrogen and oxygen atoms in total. The van der Waals surface area contributed by atoms with E-state index in [-0.39, 0.29) is 11.6 Å².